The van der Waals surface area contributed by atoms with E-state index in [1.165, 1.54) is 6.08 Å². The molecule has 1 aromatic rings. The summed E-state index contributed by atoms with van der Waals surface area (Å²) < 4.78 is 5.66. The van der Waals surface area contributed by atoms with E-state index in [0.29, 0.717) is 18.3 Å². The number of aliphatic carboxylic acids is 1. The van der Waals surface area contributed by atoms with Gasteiger partial charge in [-0.25, -0.2) is 0 Å². The summed E-state index contributed by atoms with van der Waals surface area (Å²) in [5.74, 6) is 0.171. The second-order valence-corrected chi connectivity index (χ2v) is 4.57. The smallest absolute Gasteiger partial charge is 0.126 e. The SMILES string of the molecule is CC(C)CCCOc1ccccc1/C=C/C(=O)[O-]. The van der Waals surface area contributed by atoms with Gasteiger partial charge in [-0.15, -0.1) is 0 Å². The maximum absolute atomic E-state index is 10.4. The van der Waals surface area contributed by atoms with E-state index in [1.807, 2.05) is 24.3 Å². The van der Waals surface area contributed by atoms with Crippen LogP contribution in [0.4, 0.5) is 0 Å². The summed E-state index contributed by atoms with van der Waals surface area (Å²) in [5.41, 5.74) is 0.756. The van der Waals surface area contributed by atoms with E-state index in [0.717, 1.165) is 24.5 Å². The van der Waals surface area contributed by atoms with Gasteiger partial charge in [0, 0.05) is 5.56 Å². The summed E-state index contributed by atoms with van der Waals surface area (Å²) in [6, 6.07) is 7.37. The molecular formula is C15H19O3-. The molecule has 0 aliphatic rings. The maximum Gasteiger partial charge on any atom is 0.126 e. The Morgan fingerprint density at radius 1 is 1.39 bits per heavy atom. The van der Waals surface area contributed by atoms with E-state index in [4.69, 9.17) is 4.74 Å². The van der Waals surface area contributed by atoms with Gasteiger partial charge in [0.1, 0.15) is 5.75 Å². The van der Waals surface area contributed by atoms with Crippen molar-refractivity contribution in [3.63, 3.8) is 0 Å². The molecule has 0 amide bonds. The van der Waals surface area contributed by atoms with Crippen LogP contribution < -0.4 is 9.84 Å². The van der Waals surface area contributed by atoms with Crippen LogP contribution in [0, 0.1) is 5.92 Å². The lowest BCUT2D eigenvalue weighted by atomic mass is 10.1. The second-order valence-electron chi connectivity index (χ2n) is 4.57. The first-order chi connectivity index (χ1) is 8.59. The fourth-order valence-corrected chi connectivity index (χ4v) is 1.58. The van der Waals surface area contributed by atoms with Crippen molar-refractivity contribution in [3.05, 3.63) is 35.9 Å². The summed E-state index contributed by atoms with van der Waals surface area (Å²) in [6.45, 7) is 5.00. The first kappa shape index (κ1) is 14.3. The van der Waals surface area contributed by atoms with Crippen LogP contribution in [0.1, 0.15) is 32.3 Å². The van der Waals surface area contributed by atoms with Crippen LogP contribution >= 0.6 is 0 Å². The molecule has 0 aliphatic heterocycles. The molecule has 0 saturated heterocycles. The van der Waals surface area contributed by atoms with Gasteiger partial charge in [0.15, 0.2) is 0 Å². The summed E-state index contributed by atoms with van der Waals surface area (Å²) in [4.78, 5) is 10.4. The number of para-hydroxylation sites is 1. The Morgan fingerprint density at radius 3 is 2.78 bits per heavy atom. The normalized spacial score (nSPS) is 11.1. The molecule has 0 fully saturated rings. The van der Waals surface area contributed by atoms with Crippen LogP contribution in [0.5, 0.6) is 5.75 Å². The molecule has 0 heterocycles. The molecule has 98 valence electrons. The lowest BCUT2D eigenvalue weighted by Gasteiger charge is -2.10. The number of ether oxygens (including phenoxy) is 1. The first-order valence-corrected chi connectivity index (χ1v) is 6.20. The summed E-state index contributed by atoms with van der Waals surface area (Å²) in [6.07, 6.45) is 4.62. The predicted molar refractivity (Wildman–Crippen MR) is 70.1 cm³/mol. The van der Waals surface area contributed by atoms with E-state index in [9.17, 15) is 9.90 Å². The third kappa shape index (κ3) is 5.53. The number of carboxylic acids is 1. The van der Waals surface area contributed by atoms with Crippen LogP contribution in [0.25, 0.3) is 6.08 Å². The number of carbonyl (C=O) groups is 1. The van der Waals surface area contributed by atoms with Gasteiger partial charge in [0.2, 0.25) is 0 Å². The van der Waals surface area contributed by atoms with Gasteiger partial charge in [-0.2, -0.15) is 0 Å². The van der Waals surface area contributed by atoms with Crippen molar-refractivity contribution >= 4 is 12.0 Å². The number of carbonyl (C=O) groups excluding carboxylic acids is 1. The molecule has 0 radical (unpaired) electrons. The molecule has 3 heteroatoms. The van der Waals surface area contributed by atoms with E-state index in [1.54, 1.807) is 0 Å². The Kier molecular flexibility index (Phi) is 5.98. The van der Waals surface area contributed by atoms with Crippen LogP contribution in [-0.4, -0.2) is 12.6 Å². The maximum atomic E-state index is 10.4. The Bertz CT molecular complexity index is 408. The van der Waals surface area contributed by atoms with Gasteiger partial charge >= 0.3 is 0 Å². The second kappa shape index (κ2) is 7.54. The van der Waals surface area contributed by atoms with Gasteiger partial charge in [0.25, 0.3) is 0 Å². The van der Waals surface area contributed by atoms with Crippen molar-refractivity contribution in [2.75, 3.05) is 6.61 Å². The highest BCUT2D eigenvalue weighted by molar-refractivity contribution is 5.84. The van der Waals surface area contributed by atoms with E-state index < -0.39 is 5.97 Å². The van der Waals surface area contributed by atoms with Crippen LogP contribution in [-0.2, 0) is 4.79 Å². The van der Waals surface area contributed by atoms with E-state index in [2.05, 4.69) is 13.8 Å². The molecule has 0 aliphatic carbocycles. The number of hydrogen-bond acceptors (Lipinski definition) is 3. The minimum Gasteiger partial charge on any atom is -0.545 e. The predicted octanol–water partition coefficient (Wildman–Crippen LogP) is 2.26. The fourth-order valence-electron chi connectivity index (χ4n) is 1.58. The molecule has 0 spiro atoms. The Balaban J connectivity index is 2.56. The number of carboxylic acid groups (broad SMARTS) is 1. The van der Waals surface area contributed by atoms with E-state index >= 15 is 0 Å². The zero-order valence-electron chi connectivity index (χ0n) is 10.9. The molecule has 0 N–H and O–H groups in total. The van der Waals surface area contributed by atoms with Crippen LogP contribution in [0.2, 0.25) is 0 Å². The Hall–Kier alpha value is -1.77. The van der Waals surface area contributed by atoms with Crippen molar-refractivity contribution in [2.45, 2.75) is 26.7 Å². The monoisotopic (exact) mass is 247 g/mol. The highest BCUT2D eigenvalue weighted by atomic mass is 16.5. The fraction of sp³-hybridized carbons (Fsp3) is 0.400. The average molecular weight is 247 g/mol. The summed E-state index contributed by atoms with van der Waals surface area (Å²) in [7, 11) is 0. The lowest BCUT2D eigenvalue weighted by Crippen LogP contribution is -2.18. The van der Waals surface area contributed by atoms with E-state index in [-0.39, 0.29) is 0 Å². The number of rotatable bonds is 7. The zero-order chi connectivity index (χ0) is 13.4. The van der Waals surface area contributed by atoms with Crippen molar-refractivity contribution in [1.29, 1.82) is 0 Å². The third-order valence-electron chi connectivity index (χ3n) is 2.50. The molecule has 0 atom stereocenters. The number of hydrogen-bond donors (Lipinski definition) is 0. The standard InChI is InChI=1S/C15H20O3/c1-12(2)6-5-11-18-14-8-4-3-7-13(14)9-10-15(16)17/h3-4,7-10,12H,5-6,11H2,1-2H3,(H,16,17)/p-1/b10-9+. The van der Waals surface area contributed by atoms with Crippen molar-refractivity contribution < 1.29 is 14.6 Å². The molecule has 18 heavy (non-hydrogen) atoms. The summed E-state index contributed by atoms with van der Waals surface area (Å²) >= 11 is 0. The molecule has 0 aromatic heterocycles. The number of benzene rings is 1. The molecule has 3 nitrogen and oxygen atoms in total. The highest BCUT2D eigenvalue weighted by Gasteiger charge is 2.00. The molecular weight excluding hydrogens is 228 g/mol. The molecule has 0 saturated carbocycles. The third-order valence-corrected chi connectivity index (χ3v) is 2.50. The lowest BCUT2D eigenvalue weighted by molar-refractivity contribution is -0.297. The minimum atomic E-state index is -1.20. The van der Waals surface area contributed by atoms with Crippen molar-refractivity contribution in [2.24, 2.45) is 5.92 Å². The molecule has 1 aromatic carbocycles. The van der Waals surface area contributed by atoms with Crippen LogP contribution in [0.3, 0.4) is 0 Å². The zero-order valence-corrected chi connectivity index (χ0v) is 10.9. The molecule has 0 unspecified atom stereocenters. The Morgan fingerprint density at radius 2 is 2.11 bits per heavy atom. The topological polar surface area (TPSA) is 49.4 Å². The average Bonchev–Trinajstić information content (AvgIpc) is 2.33. The largest absolute Gasteiger partial charge is 0.545 e. The van der Waals surface area contributed by atoms with Crippen LogP contribution in [0.15, 0.2) is 30.3 Å². The minimum absolute atomic E-state index is 0.647. The Labute approximate surface area is 108 Å². The van der Waals surface area contributed by atoms with Gasteiger partial charge in [-0.05, 0) is 37.0 Å². The van der Waals surface area contributed by atoms with Crippen molar-refractivity contribution in [3.8, 4) is 5.75 Å². The molecule has 0 bridgehead atoms. The van der Waals surface area contributed by atoms with Gasteiger partial charge in [-0.1, -0.05) is 32.0 Å². The van der Waals surface area contributed by atoms with Crippen molar-refractivity contribution in [1.82, 2.24) is 0 Å². The van der Waals surface area contributed by atoms with Gasteiger partial charge in [0.05, 0.1) is 12.6 Å². The highest BCUT2D eigenvalue weighted by Crippen LogP contribution is 2.20. The quantitative estimate of drug-likeness (QED) is 0.548. The molecule has 1 rings (SSSR count). The van der Waals surface area contributed by atoms with Gasteiger partial charge < -0.3 is 14.6 Å². The first-order valence-electron chi connectivity index (χ1n) is 6.20. The van der Waals surface area contributed by atoms with Gasteiger partial charge in [-0.3, -0.25) is 0 Å². The summed E-state index contributed by atoms with van der Waals surface area (Å²) in [5, 5.41) is 10.4.